The summed E-state index contributed by atoms with van der Waals surface area (Å²) in [6, 6.07) is 4.60. The first kappa shape index (κ1) is 18.2. The molecule has 3 rings (SSSR count). The fourth-order valence-electron chi connectivity index (χ4n) is 2.94. The highest BCUT2D eigenvalue weighted by atomic mass is 32.1. The second kappa shape index (κ2) is 7.77. The molecule has 0 unspecified atom stereocenters. The quantitative estimate of drug-likeness (QED) is 0.612. The summed E-state index contributed by atoms with van der Waals surface area (Å²) in [7, 11) is 0. The normalized spacial score (nSPS) is 14.0. The largest absolute Gasteiger partial charge is 0.366 e. The van der Waals surface area contributed by atoms with E-state index in [9.17, 15) is 14.9 Å². The summed E-state index contributed by atoms with van der Waals surface area (Å²) in [4.78, 5) is 25.4. The minimum atomic E-state index is -0.434. The first-order chi connectivity index (χ1) is 12.4. The molecule has 0 aliphatic carbocycles. The molecule has 138 valence electrons. The SMILES string of the molecule is CC(C)Cc1nnc(NC(=O)c2ccc(N3CCCC3)c([N+](=O)[O-])c2)s1. The van der Waals surface area contributed by atoms with Gasteiger partial charge in [-0.3, -0.25) is 20.2 Å². The van der Waals surface area contributed by atoms with E-state index in [-0.39, 0.29) is 11.3 Å². The Morgan fingerprint density at radius 3 is 2.73 bits per heavy atom. The molecule has 2 heterocycles. The number of nitro groups is 1. The molecule has 1 aromatic heterocycles. The molecule has 9 heteroatoms. The molecule has 2 aromatic rings. The lowest BCUT2D eigenvalue weighted by molar-refractivity contribution is -0.384. The molecular weight excluding hydrogens is 354 g/mol. The minimum Gasteiger partial charge on any atom is -0.366 e. The number of nitrogens with zero attached hydrogens (tertiary/aromatic N) is 4. The van der Waals surface area contributed by atoms with Gasteiger partial charge in [0.25, 0.3) is 11.6 Å². The number of hydrogen-bond donors (Lipinski definition) is 1. The van der Waals surface area contributed by atoms with Gasteiger partial charge in [-0.1, -0.05) is 25.2 Å². The third-order valence-corrected chi connectivity index (χ3v) is 5.01. The zero-order chi connectivity index (χ0) is 18.7. The fraction of sp³-hybridized carbons (Fsp3) is 0.471. The fourth-order valence-corrected chi connectivity index (χ4v) is 3.89. The van der Waals surface area contributed by atoms with E-state index in [2.05, 4.69) is 29.4 Å². The summed E-state index contributed by atoms with van der Waals surface area (Å²) >= 11 is 1.32. The topological polar surface area (TPSA) is 101 Å². The van der Waals surface area contributed by atoms with Crippen molar-refractivity contribution in [2.45, 2.75) is 33.1 Å². The smallest absolute Gasteiger partial charge is 0.293 e. The van der Waals surface area contributed by atoms with Crippen LogP contribution in [0.5, 0.6) is 0 Å². The van der Waals surface area contributed by atoms with Crippen molar-refractivity contribution in [3.63, 3.8) is 0 Å². The number of carbonyl (C=O) groups excluding carboxylic acids is 1. The van der Waals surface area contributed by atoms with Crippen molar-refractivity contribution in [1.29, 1.82) is 0 Å². The van der Waals surface area contributed by atoms with Crippen LogP contribution < -0.4 is 10.2 Å². The second-order valence-electron chi connectivity index (χ2n) is 6.71. The number of anilines is 2. The summed E-state index contributed by atoms with van der Waals surface area (Å²) in [5.74, 6) is 0.0283. The summed E-state index contributed by atoms with van der Waals surface area (Å²) in [6.45, 7) is 5.77. The van der Waals surface area contributed by atoms with Crippen molar-refractivity contribution >= 4 is 33.8 Å². The van der Waals surface area contributed by atoms with Gasteiger partial charge in [-0.05, 0) is 30.9 Å². The Labute approximate surface area is 155 Å². The van der Waals surface area contributed by atoms with E-state index in [1.807, 2.05) is 4.90 Å². The Morgan fingerprint density at radius 1 is 1.35 bits per heavy atom. The van der Waals surface area contributed by atoms with Gasteiger partial charge in [0, 0.05) is 31.1 Å². The number of amides is 1. The van der Waals surface area contributed by atoms with Crippen molar-refractivity contribution in [3.8, 4) is 0 Å². The zero-order valence-corrected chi connectivity index (χ0v) is 15.6. The van der Waals surface area contributed by atoms with Gasteiger partial charge in [-0.2, -0.15) is 0 Å². The summed E-state index contributed by atoms with van der Waals surface area (Å²) in [5, 5.41) is 23.4. The zero-order valence-electron chi connectivity index (χ0n) is 14.8. The third kappa shape index (κ3) is 4.16. The van der Waals surface area contributed by atoms with Gasteiger partial charge in [-0.25, -0.2) is 0 Å². The molecule has 1 amide bonds. The highest BCUT2D eigenvalue weighted by molar-refractivity contribution is 7.15. The van der Waals surface area contributed by atoms with Crippen molar-refractivity contribution in [2.24, 2.45) is 5.92 Å². The predicted molar refractivity (Wildman–Crippen MR) is 101 cm³/mol. The number of nitro benzene ring substituents is 1. The van der Waals surface area contributed by atoms with Crippen molar-refractivity contribution < 1.29 is 9.72 Å². The van der Waals surface area contributed by atoms with Crippen LogP contribution in [0.3, 0.4) is 0 Å². The molecule has 1 aliphatic heterocycles. The number of carbonyl (C=O) groups is 1. The first-order valence-electron chi connectivity index (χ1n) is 8.61. The first-order valence-corrected chi connectivity index (χ1v) is 9.43. The third-order valence-electron chi connectivity index (χ3n) is 4.15. The van der Waals surface area contributed by atoms with Crippen molar-refractivity contribution in [3.05, 3.63) is 38.9 Å². The Hall–Kier alpha value is -2.55. The van der Waals surface area contributed by atoms with Crippen LogP contribution in [0.15, 0.2) is 18.2 Å². The maximum absolute atomic E-state index is 12.4. The number of benzene rings is 1. The Morgan fingerprint density at radius 2 is 2.08 bits per heavy atom. The molecule has 26 heavy (non-hydrogen) atoms. The molecule has 1 aliphatic rings. The van der Waals surface area contributed by atoms with E-state index in [1.165, 1.54) is 17.4 Å². The summed E-state index contributed by atoms with van der Waals surface area (Å²) in [6.07, 6.45) is 2.84. The highest BCUT2D eigenvalue weighted by Gasteiger charge is 2.24. The molecule has 8 nitrogen and oxygen atoms in total. The molecule has 1 fully saturated rings. The Balaban J connectivity index is 1.77. The average molecular weight is 375 g/mol. The molecule has 0 radical (unpaired) electrons. The van der Waals surface area contributed by atoms with E-state index in [0.29, 0.717) is 16.7 Å². The monoisotopic (exact) mass is 375 g/mol. The van der Waals surface area contributed by atoms with Crippen LogP contribution >= 0.6 is 11.3 Å². The standard InChI is InChI=1S/C17H21N5O3S/c1-11(2)9-15-19-20-17(26-15)18-16(23)12-5-6-13(14(10-12)22(24)25)21-7-3-4-8-21/h5-6,10-11H,3-4,7-9H2,1-2H3,(H,18,20,23). The van der Waals surface area contributed by atoms with E-state index in [4.69, 9.17) is 0 Å². The van der Waals surface area contributed by atoms with E-state index in [1.54, 1.807) is 12.1 Å². The number of aromatic nitrogens is 2. The maximum atomic E-state index is 12.4. The second-order valence-corrected chi connectivity index (χ2v) is 7.77. The molecule has 0 bridgehead atoms. The molecule has 0 atom stereocenters. The number of nitrogens with one attached hydrogen (secondary N) is 1. The van der Waals surface area contributed by atoms with Crippen molar-refractivity contribution in [1.82, 2.24) is 10.2 Å². The summed E-state index contributed by atoms with van der Waals surface area (Å²) in [5.41, 5.74) is 0.761. The van der Waals surface area contributed by atoms with Crippen LogP contribution in [0.2, 0.25) is 0 Å². The lowest BCUT2D eigenvalue weighted by Crippen LogP contribution is -2.19. The van der Waals surface area contributed by atoms with E-state index < -0.39 is 10.8 Å². The maximum Gasteiger partial charge on any atom is 0.293 e. The lowest BCUT2D eigenvalue weighted by atomic mass is 10.1. The molecule has 1 N–H and O–H groups in total. The Bertz CT molecular complexity index is 814. The van der Waals surface area contributed by atoms with E-state index in [0.717, 1.165) is 37.4 Å². The van der Waals surface area contributed by atoms with Gasteiger partial charge in [0.2, 0.25) is 5.13 Å². The lowest BCUT2D eigenvalue weighted by Gasteiger charge is -2.17. The van der Waals surface area contributed by atoms with Crippen LogP contribution in [-0.4, -0.2) is 34.1 Å². The Kier molecular flexibility index (Phi) is 5.46. The van der Waals surface area contributed by atoms with Crippen molar-refractivity contribution in [2.75, 3.05) is 23.3 Å². The van der Waals surface area contributed by atoms with Gasteiger partial charge < -0.3 is 4.90 Å². The van der Waals surface area contributed by atoms with Crippen LogP contribution in [0, 0.1) is 16.0 Å². The van der Waals surface area contributed by atoms with Gasteiger partial charge in [0.05, 0.1) is 4.92 Å². The van der Waals surface area contributed by atoms with E-state index >= 15 is 0 Å². The molecule has 0 spiro atoms. The van der Waals surface area contributed by atoms with Crippen LogP contribution in [-0.2, 0) is 6.42 Å². The predicted octanol–water partition coefficient (Wildman–Crippen LogP) is 3.50. The minimum absolute atomic E-state index is 0.0442. The summed E-state index contributed by atoms with van der Waals surface area (Å²) < 4.78 is 0. The number of rotatable bonds is 6. The van der Waals surface area contributed by atoms with Crippen LogP contribution in [0.25, 0.3) is 0 Å². The van der Waals surface area contributed by atoms with Gasteiger partial charge >= 0.3 is 0 Å². The van der Waals surface area contributed by atoms with Gasteiger partial charge in [0.15, 0.2) is 0 Å². The van der Waals surface area contributed by atoms with Crippen LogP contribution in [0.4, 0.5) is 16.5 Å². The molecular formula is C17H21N5O3S. The highest BCUT2D eigenvalue weighted by Crippen LogP contribution is 2.32. The van der Waals surface area contributed by atoms with Gasteiger partial charge in [-0.15, -0.1) is 10.2 Å². The molecule has 1 aromatic carbocycles. The van der Waals surface area contributed by atoms with Gasteiger partial charge in [0.1, 0.15) is 10.7 Å². The average Bonchev–Trinajstić information content (AvgIpc) is 3.25. The molecule has 0 saturated carbocycles. The molecule has 1 saturated heterocycles. The number of hydrogen-bond acceptors (Lipinski definition) is 7. The van der Waals surface area contributed by atoms with Crippen LogP contribution in [0.1, 0.15) is 42.1 Å².